The first kappa shape index (κ1) is 29.1. The zero-order valence-electron chi connectivity index (χ0n) is 20.2. The molecule has 0 atom stereocenters. The van der Waals surface area contributed by atoms with Crippen molar-refractivity contribution < 1.29 is 28.6 Å². The minimum atomic E-state index is -0.524. The van der Waals surface area contributed by atoms with E-state index in [9.17, 15) is 14.4 Å². The number of benzene rings is 2. The Bertz CT molecular complexity index is 1050. The zero-order valence-corrected chi connectivity index (χ0v) is 22.6. The van der Waals surface area contributed by atoms with Gasteiger partial charge in [0.05, 0.1) is 23.2 Å². The number of hydrogen-bond acceptors (Lipinski definition) is 7. The minimum Gasteiger partial charge on any atom is -0.492 e. The molecule has 2 aromatic rings. The van der Waals surface area contributed by atoms with Crippen LogP contribution in [0.25, 0.3) is 0 Å². The summed E-state index contributed by atoms with van der Waals surface area (Å²) in [7, 11) is 0. The number of hydrogen-bond donors (Lipinski definition) is 3. The number of hydrazine groups is 1. The average molecular weight is 581 g/mol. The molecule has 194 valence electrons. The highest BCUT2D eigenvalue weighted by atomic mass is 79.9. The fourth-order valence-electron chi connectivity index (χ4n) is 2.89. The molecule has 0 fully saturated rings. The number of amides is 2. The van der Waals surface area contributed by atoms with Crippen LogP contribution in [0.1, 0.15) is 60.2 Å². The number of ether oxygens (including phenoxy) is 3. The van der Waals surface area contributed by atoms with Crippen LogP contribution in [0.4, 0.5) is 0 Å². The molecule has 0 aliphatic carbocycles. The summed E-state index contributed by atoms with van der Waals surface area (Å²) >= 11 is 8.48. The van der Waals surface area contributed by atoms with Gasteiger partial charge >= 0.3 is 5.97 Å². The molecule has 0 saturated carbocycles. The molecule has 0 aliphatic heterocycles. The molecule has 36 heavy (non-hydrogen) atoms. The monoisotopic (exact) mass is 579 g/mol. The average Bonchev–Trinajstić information content (AvgIpc) is 2.87. The zero-order chi connectivity index (χ0) is 26.3. The van der Waals surface area contributed by atoms with E-state index in [1.165, 1.54) is 6.42 Å². The van der Waals surface area contributed by atoms with Gasteiger partial charge in [0, 0.05) is 5.56 Å². The summed E-state index contributed by atoms with van der Waals surface area (Å²) < 4.78 is 16.7. The molecule has 0 unspecified atom stereocenters. The summed E-state index contributed by atoms with van der Waals surface area (Å²) in [5.74, 6) is -0.352. The van der Waals surface area contributed by atoms with Crippen LogP contribution in [-0.2, 0) is 9.53 Å². The second-order valence-corrected chi connectivity index (χ2v) is 8.81. The highest BCUT2D eigenvalue weighted by molar-refractivity contribution is 9.10. The third-order valence-electron chi connectivity index (χ3n) is 4.73. The Balaban J connectivity index is 1.72. The van der Waals surface area contributed by atoms with Gasteiger partial charge in [-0.05, 0) is 84.0 Å². The number of rotatable bonds is 12. The first-order valence-corrected chi connectivity index (χ1v) is 12.8. The van der Waals surface area contributed by atoms with E-state index in [1.807, 2.05) is 0 Å². The van der Waals surface area contributed by atoms with Crippen LogP contribution in [0.15, 0.2) is 46.9 Å². The quantitative estimate of drug-likeness (QED) is 0.147. The molecule has 0 saturated heterocycles. The van der Waals surface area contributed by atoms with Crippen LogP contribution in [0, 0.1) is 0 Å². The number of carbonyl (C=O) groups excluding carboxylic acids is 3. The summed E-state index contributed by atoms with van der Waals surface area (Å²) in [6.07, 6.45) is 4.43. The molecule has 2 aromatic carbocycles. The van der Waals surface area contributed by atoms with Crippen LogP contribution < -0.4 is 25.6 Å². The molecule has 0 aromatic heterocycles. The van der Waals surface area contributed by atoms with Crippen LogP contribution >= 0.6 is 28.1 Å². The van der Waals surface area contributed by atoms with E-state index < -0.39 is 17.8 Å². The summed E-state index contributed by atoms with van der Waals surface area (Å²) in [6, 6.07) is 11.2. The summed E-state index contributed by atoms with van der Waals surface area (Å²) in [6.45, 7) is 4.46. The Morgan fingerprint density at radius 1 is 0.917 bits per heavy atom. The van der Waals surface area contributed by atoms with Gasteiger partial charge in [-0.3, -0.25) is 25.8 Å². The van der Waals surface area contributed by atoms with Crippen molar-refractivity contribution in [3.05, 3.63) is 58.1 Å². The molecule has 3 N–H and O–H groups in total. The van der Waals surface area contributed by atoms with Crippen molar-refractivity contribution in [1.29, 1.82) is 0 Å². The van der Waals surface area contributed by atoms with Gasteiger partial charge in [-0.2, -0.15) is 0 Å². The fourth-order valence-corrected chi connectivity index (χ4v) is 3.53. The Hall–Kier alpha value is -3.18. The summed E-state index contributed by atoms with van der Waals surface area (Å²) in [4.78, 5) is 36.1. The van der Waals surface area contributed by atoms with Crippen molar-refractivity contribution in [3.63, 3.8) is 0 Å². The number of esters is 1. The van der Waals surface area contributed by atoms with Crippen molar-refractivity contribution in [3.8, 4) is 11.5 Å². The maximum Gasteiger partial charge on any atom is 0.338 e. The smallest absolute Gasteiger partial charge is 0.338 e. The summed E-state index contributed by atoms with van der Waals surface area (Å²) in [5, 5.41) is 2.40. The standard InChI is InChI=1S/C25H30BrN3O6S/c1-3-5-6-7-14-34-21-13-10-18(15-20(21)26)23(31)27-25(36)29-28-22(30)16-35-19-11-8-17(9-12-19)24(32)33-4-2/h8-13,15H,3-7,14,16H2,1-2H3,(H,28,30)(H2,27,29,31,36). The lowest BCUT2D eigenvalue weighted by Crippen LogP contribution is -2.49. The lowest BCUT2D eigenvalue weighted by atomic mass is 10.2. The number of carbonyl (C=O) groups is 3. The third kappa shape index (κ3) is 10.2. The number of unbranched alkanes of at least 4 members (excludes halogenated alkanes) is 3. The predicted octanol–water partition coefficient (Wildman–Crippen LogP) is 4.30. The first-order valence-electron chi connectivity index (χ1n) is 11.6. The van der Waals surface area contributed by atoms with Gasteiger partial charge in [-0.1, -0.05) is 26.2 Å². The first-order chi connectivity index (χ1) is 17.3. The lowest BCUT2D eigenvalue weighted by Gasteiger charge is -2.12. The molecule has 0 heterocycles. The van der Waals surface area contributed by atoms with Gasteiger partial charge in [-0.15, -0.1) is 0 Å². The van der Waals surface area contributed by atoms with E-state index in [2.05, 4.69) is 39.0 Å². The topological polar surface area (TPSA) is 115 Å². The maximum absolute atomic E-state index is 12.5. The van der Waals surface area contributed by atoms with E-state index in [4.69, 9.17) is 26.4 Å². The van der Waals surface area contributed by atoms with E-state index in [1.54, 1.807) is 49.4 Å². The van der Waals surface area contributed by atoms with Gasteiger partial charge in [-0.25, -0.2) is 4.79 Å². The maximum atomic E-state index is 12.5. The van der Waals surface area contributed by atoms with Gasteiger partial charge in [0.15, 0.2) is 11.7 Å². The molecular weight excluding hydrogens is 550 g/mol. The minimum absolute atomic E-state index is 0.0838. The van der Waals surface area contributed by atoms with E-state index >= 15 is 0 Å². The largest absolute Gasteiger partial charge is 0.492 e. The van der Waals surface area contributed by atoms with Crippen molar-refractivity contribution in [1.82, 2.24) is 16.2 Å². The normalized spacial score (nSPS) is 10.2. The van der Waals surface area contributed by atoms with Crippen LogP contribution in [-0.4, -0.2) is 42.7 Å². The number of nitrogens with one attached hydrogen (secondary N) is 3. The van der Waals surface area contributed by atoms with Crippen LogP contribution in [0.3, 0.4) is 0 Å². The van der Waals surface area contributed by atoms with E-state index in [0.29, 0.717) is 33.7 Å². The van der Waals surface area contributed by atoms with E-state index in [-0.39, 0.29) is 18.3 Å². The van der Waals surface area contributed by atoms with Crippen LogP contribution in [0.2, 0.25) is 0 Å². The fraction of sp³-hybridized carbons (Fsp3) is 0.360. The molecule has 2 rings (SSSR count). The van der Waals surface area contributed by atoms with Gasteiger partial charge in [0.25, 0.3) is 11.8 Å². The molecular formula is C25H30BrN3O6S. The van der Waals surface area contributed by atoms with E-state index in [0.717, 1.165) is 19.3 Å². The van der Waals surface area contributed by atoms with Crippen LogP contribution in [0.5, 0.6) is 11.5 Å². The molecule has 0 bridgehead atoms. The van der Waals surface area contributed by atoms with Gasteiger partial charge in [0.1, 0.15) is 11.5 Å². The second-order valence-electron chi connectivity index (χ2n) is 7.54. The Morgan fingerprint density at radius 3 is 2.31 bits per heavy atom. The molecule has 9 nitrogen and oxygen atoms in total. The molecule has 0 radical (unpaired) electrons. The predicted molar refractivity (Wildman–Crippen MR) is 143 cm³/mol. The Kier molecular flexibility index (Phi) is 12.7. The molecule has 0 aliphatic rings. The van der Waals surface area contributed by atoms with Crippen molar-refractivity contribution in [2.75, 3.05) is 19.8 Å². The Labute approximate surface area is 224 Å². The third-order valence-corrected chi connectivity index (χ3v) is 5.55. The highest BCUT2D eigenvalue weighted by Crippen LogP contribution is 2.26. The van der Waals surface area contributed by atoms with Gasteiger partial charge in [0.2, 0.25) is 0 Å². The van der Waals surface area contributed by atoms with Crippen molar-refractivity contribution >= 4 is 51.0 Å². The van der Waals surface area contributed by atoms with Crippen molar-refractivity contribution in [2.24, 2.45) is 0 Å². The Morgan fingerprint density at radius 2 is 1.64 bits per heavy atom. The SMILES string of the molecule is CCCCCCOc1ccc(C(=O)NC(=S)NNC(=O)COc2ccc(C(=O)OCC)cc2)cc1Br. The lowest BCUT2D eigenvalue weighted by molar-refractivity contribution is -0.123. The van der Waals surface area contributed by atoms with Crippen molar-refractivity contribution in [2.45, 2.75) is 39.5 Å². The molecule has 0 spiro atoms. The second kappa shape index (κ2) is 15.7. The molecule has 11 heteroatoms. The summed E-state index contributed by atoms with van der Waals surface area (Å²) in [5.41, 5.74) is 5.54. The highest BCUT2D eigenvalue weighted by Gasteiger charge is 2.12. The number of thiocarbonyl (C=S) groups is 1. The number of halogens is 1. The molecule has 2 amide bonds. The van der Waals surface area contributed by atoms with Gasteiger partial charge < -0.3 is 14.2 Å².